The maximum absolute atomic E-state index is 5.60. The first-order valence-corrected chi connectivity index (χ1v) is 6.57. The van der Waals surface area contributed by atoms with Crippen LogP contribution in [-0.2, 0) is 0 Å². The molecule has 0 atom stereocenters. The van der Waals surface area contributed by atoms with Crippen molar-refractivity contribution in [1.29, 1.82) is 0 Å². The van der Waals surface area contributed by atoms with Gasteiger partial charge in [0.05, 0.1) is 0 Å². The van der Waals surface area contributed by atoms with Crippen LogP contribution < -0.4 is 5.32 Å². The van der Waals surface area contributed by atoms with Gasteiger partial charge in [0, 0.05) is 11.6 Å². The van der Waals surface area contributed by atoms with E-state index in [0.717, 1.165) is 13.1 Å². The lowest BCUT2D eigenvalue weighted by atomic mass is 10.2. The first kappa shape index (κ1) is 13.3. The second kappa shape index (κ2) is 10.4. The number of thioether (sulfide) groups is 1. The SMILES string of the molecule is C=C(Cl)CNCCCCCCSC. The molecule has 0 amide bonds. The highest BCUT2D eigenvalue weighted by molar-refractivity contribution is 7.98. The molecule has 78 valence electrons. The molecular weight excluding hydrogens is 202 g/mol. The van der Waals surface area contributed by atoms with E-state index >= 15 is 0 Å². The highest BCUT2D eigenvalue weighted by atomic mass is 35.5. The third kappa shape index (κ3) is 12.3. The molecule has 13 heavy (non-hydrogen) atoms. The van der Waals surface area contributed by atoms with Crippen LogP contribution in [0, 0.1) is 0 Å². The summed E-state index contributed by atoms with van der Waals surface area (Å²) < 4.78 is 0. The fourth-order valence-electron chi connectivity index (χ4n) is 1.07. The summed E-state index contributed by atoms with van der Waals surface area (Å²) in [7, 11) is 0. The topological polar surface area (TPSA) is 12.0 Å². The van der Waals surface area contributed by atoms with Crippen LogP contribution >= 0.6 is 23.4 Å². The Labute approximate surface area is 91.3 Å². The minimum absolute atomic E-state index is 0.697. The van der Waals surface area contributed by atoms with Crippen molar-refractivity contribution >= 4 is 23.4 Å². The fourth-order valence-corrected chi connectivity index (χ4v) is 1.66. The molecule has 0 aliphatic heterocycles. The summed E-state index contributed by atoms with van der Waals surface area (Å²) in [6.45, 7) is 5.42. The molecule has 0 aromatic heterocycles. The number of unbranched alkanes of at least 4 members (excludes halogenated alkanes) is 3. The molecule has 1 N–H and O–H groups in total. The lowest BCUT2D eigenvalue weighted by Gasteiger charge is -2.02. The van der Waals surface area contributed by atoms with E-state index in [0.29, 0.717) is 5.03 Å². The summed E-state index contributed by atoms with van der Waals surface area (Å²) in [6.07, 6.45) is 7.43. The van der Waals surface area contributed by atoms with Crippen LogP contribution in [0.15, 0.2) is 11.6 Å². The largest absolute Gasteiger partial charge is 0.312 e. The molecule has 0 aliphatic rings. The van der Waals surface area contributed by atoms with Gasteiger partial charge in [0.25, 0.3) is 0 Å². The van der Waals surface area contributed by atoms with Gasteiger partial charge in [-0.1, -0.05) is 31.0 Å². The lowest BCUT2D eigenvalue weighted by molar-refractivity contribution is 0.621. The second-order valence-corrected chi connectivity index (χ2v) is 4.62. The molecule has 0 spiro atoms. The molecule has 0 aromatic carbocycles. The van der Waals surface area contributed by atoms with Gasteiger partial charge in [0.2, 0.25) is 0 Å². The van der Waals surface area contributed by atoms with Gasteiger partial charge in [-0.2, -0.15) is 11.8 Å². The normalized spacial score (nSPS) is 10.3. The van der Waals surface area contributed by atoms with E-state index in [1.807, 2.05) is 11.8 Å². The highest BCUT2D eigenvalue weighted by Crippen LogP contribution is 2.03. The van der Waals surface area contributed by atoms with E-state index in [4.69, 9.17) is 11.6 Å². The first-order chi connectivity index (χ1) is 6.27. The summed E-state index contributed by atoms with van der Waals surface area (Å²) in [6, 6.07) is 0. The Morgan fingerprint density at radius 2 is 2.00 bits per heavy atom. The summed E-state index contributed by atoms with van der Waals surface area (Å²) >= 11 is 7.53. The molecule has 0 unspecified atom stereocenters. The van der Waals surface area contributed by atoms with E-state index in [1.54, 1.807) is 0 Å². The van der Waals surface area contributed by atoms with Crippen molar-refractivity contribution in [3.05, 3.63) is 11.6 Å². The van der Waals surface area contributed by atoms with Crippen molar-refractivity contribution in [1.82, 2.24) is 5.32 Å². The van der Waals surface area contributed by atoms with Crippen molar-refractivity contribution in [2.45, 2.75) is 25.7 Å². The second-order valence-electron chi connectivity index (χ2n) is 3.10. The quantitative estimate of drug-likeness (QED) is 0.600. The molecule has 0 saturated carbocycles. The molecule has 0 radical (unpaired) electrons. The molecule has 0 rings (SSSR count). The van der Waals surface area contributed by atoms with Crippen molar-refractivity contribution < 1.29 is 0 Å². The van der Waals surface area contributed by atoms with Crippen molar-refractivity contribution in [3.8, 4) is 0 Å². The summed E-state index contributed by atoms with van der Waals surface area (Å²) in [5.74, 6) is 1.30. The predicted molar refractivity (Wildman–Crippen MR) is 64.7 cm³/mol. The molecule has 0 aliphatic carbocycles. The smallest absolute Gasteiger partial charge is 0.0307 e. The van der Waals surface area contributed by atoms with Crippen LogP contribution in [0.2, 0.25) is 0 Å². The number of rotatable bonds is 9. The van der Waals surface area contributed by atoms with Crippen molar-refractivity contribution in [2.75, 3.05) is 25.1 Å². The Bertz CT molecular complexity index is 128. The van der Waals surface area contributed by atoms with Gasteiger partial charge in [-0.25, -0.2) is 0 Å². The molecule has 0 heterocycles. The zero-order chi connectivity index (χ0) is 9.94. The summed E-state index contributed by atoms with van der Waals surface area (Å²) in [5.41, 5.74) is 0. The monoisotopic (exact) mass is 221 g/mol. The van der Waals surface area contributed by atoms with Crippen LogP contribution in [0.25, 0.3) is 0 Å². The Kier molecular flexibility index (Phi) is 10.7. The Morgan fingerprint density at radius 1 is 1.31 bits per heavy atom. The van der Waals surface area contributed by atoms with Gasteiger partial charge in [-0.3, -0.25) is 0 Å². The Morgan fingerprint density at radius 3 is 2.62 bits per heavy atom. The average molecular weight is 222 g/mol. The number of nitrogens with one attached hydrogen (secondary N) is 1. The summed E-state index contributed by atoms with van der Waals surface area (Å²) in [4.78, 5) is 0. The zero-order valence-corrected chi connectivity index (χ0v) is 10.0. The third-order valence-electron chi connectivity index (χ3n) is 1.77. The van der Waals surface area contributed by atoms with Crippen molar-refractivity contribution in [3.63, 3.8) is 0 Å². The van der Waals surface area contributed by atoms with Crippen LogP contribution in [0.4, 0.5) is 0 Å². The average Bonchev–Trinajstić information content (AvgIpc) is 2.09. The van der Waals surface area contributed by atoms with Crippen LogP contribution in [0.1, 0.15) is 25.7 Å². The molecule has 0 fully saturated rings. The fraction of sp³-hybridized carbons (Fsp3) is 0.800. The lowest BCUT2D eigenvalue weighted by Crippen LogP contribution is -2.16. The molecule has 1 nitrogen and oxygen atoms in total. The van der Waals surface area contributed by atoms with E-state index < -0.39 is 0 Å². The first-order valence-electron chi connectivity index (χ1n) is 4.80. The predicted octanol–water partition coefficient (Wildman–Crippen LogP) is 3.25. The van der Waals surface area contributed by atoms with E-state index in [9.17, 15) is 0 Å². The molecule has 3 heteroatoms. The zero-order valence-electron chi connectivity index (χ0n) is 8.44. The van der Waals surface area contributed by atoms with E-state index in [-0.39, 0.29) is 0 Å². The minimum atomic E-state index is 0.697. The maximum atomic E-state index is 5.60. The van der Waals surface area contributed by atoms with Gasteiger partial charge in [-0.05, 0) is 31.4 Å². The number of hydrogen-bond acceptors (Lipinski definition) is 2. The van der Waals surface area contributed by atoms with E-state index in [1.165, 1.54) is 31.4 Å². The van der Waals surface area contributed by atoms with Crippen LogP contribution in [0.3, 0.4) is 0 Å². The minimum Gasteiger partial charge on any atom is -0.312 e. The van der Waals surface area contributed by atoms with Crippen LogP contribution in [-0.4, -0.2) is 25.1 Å². The van der Waals surface area contributed by atoms with Gasteiger partial charge in [-0.15, -0.1) is 0 Å². The van der Waals surface area contributed by atoms with Gasteiger partial charge in [0.15, 0.2) is 0 Å². The van der Waals surface area contributed by atoms with Gasteiger partial charge >= 0.3 is 0 Å². The van der Waals surface area contributed by atoms with Gasteiger partial charge in [0.1, 0.15) is 0 Å². The standard InChI is InChI=1S/C10H20ClNS/c1-10(11)9-12-7-5-3-4-6-8-13-2/h12H,1,3-9H2,2H3. The van der Waals surface area contributed by atoms with Crippen LogP contribution in [0.5, 0.6) is 0 Å². The molecular formula is C10H20ClNS. The highest BCUT2D eigenvalue weighted by Gasteiger charge is 1.90. The Hall–Kier alpha value is 0.340. The van der Waals surface area contributed by atoms with E-state index in [2.05, 4.69) is 18.2 Å². The third-order valence-corrected chi connectivity index (χ3v) is 2.60. The summed E-state index contributed by atoms with van der Waals surface area (Å²) in [5, 5.41) is 3.94. The van der Waals surface area contributed by atoms with Gasteiger partial charge < -0.3 is 5.32 Å². The maximum Gasteiger partial charge on any atom is 0.0307 e. The molecule has 0 aromatic rings. The molecule has 0 bridgehead atoms. The number of hydrogen-bond donors (Lipinski definition) is 1. The Balaban J connectivity index is 2.87. The van der Waals surface area contributed by atoms with Crippen molar-refractivity contribution in [2.24, 2.45) is 0 Å². The number of halogens is 1. The molecule has 0 saturated heterocycles.